The number of hydrogen-bond donors (Lipinski definition) is 0. The zero-order chi connectivity index (χ0) is 16.7. The molecule has 0 aliphatic heterocycles. The summed E-state index contributed by atoms with van der Waals surface area (Å²) < 4.78 is 10.5. The van der Waals surface area contributed by atoms with E-state index in [9.17, 15) is 4.79 Å². The molecule has 1 amide bonds. The maximum Gasteiger partial charge on any atom is 0.254 e. The molecule has 23 heavy (non-hydrogen) atoms. The van der Waals surface area contributed by atoms with E-state index in [-0.39, 0.29) is 5.91 Å². The van der Waals surface area contributed by atoms with Crippen molar-refractivity contribution in [1.29, 1.82) is 0 Å². The lowest BCUT2D eigenvalue weighted by atomic mass is 10.1. The van der Waals surface area contributed by atoms with Crippen molar-refractivity contribution in [1.82, 2.24) is 4.90 Å². The Morgan fingerprint density at radius 2 is 1.61 bits per heavy atom. The standard InChI is InChI=1S/C19H23NO3/c1-4-20(11-10-15-8-6-5-7-9-15)19(21)16-12-17(22-2)14-18(13-16)23-3/h5-9,12-14H,4,10-11H2,1-3H3. The lowest BCUT2D eigenvalue weighted by Crippen LogP contribution is -2.32. The molecule has 0 aromatic heterocycles. The van der Waals surface area contributed by atoms with Gasteiger partial charge in [-0.1, -0.05) is 30.3 Å². The van der Waals surface area contributed by atoms with Gasteiger partial charge in [-0.05, 0) is 31.0 Å². The molecule has 2 aromatic rings. The average Bonchev–Trinajstić information content (AvgIpc) is 2.62. The van der Waals surface area contributed by atoms with Crippen molar-refractivity contribution in [3.8, 4) is 11.5 Å². The lowest BCUT2D eigenvalue weighted by molar-refractivity contribution is 0.0765. The molecular formula is C19H23NO3. The van der Waals surface area contributed by atoms with E-state index < -0.39 is 0 Å². The van der Waals surface area contributed by atoms with Crippen molar-refractivity contribution in [2.24, 2.45) is 0 Å². The Hall–Kier alpha value is -2.49. The van der Waals surface area contributed by atoms with Crippen LogP contribution in [-0.4, -0.2) is 38.1 Å². The fourth-order valence-electron chi connectivity index (χ4n) is 2.43. The van der Waals surface area contributed by atoms with Crippen LogP contribution in [0.15, 0.2) is 48.5 Å². The third-order valence-corrected chi connectivity index (χ3v) is 3.78. The van der Waals surface area contributed by atoms with Gasteiger partial charge < -0.3 is 14.4 Å². The highest BCUT2D eigenvalue weighted by molar-refractivity contribution is 5.95. The van der Waals surface area contributed by atoms with E-state index in [0.717, 1.165) is 6.42 Å². The molecule has 0 N–H and O–H groups in total. The molecule has 4 nitrogen and oxygen atoms in total. The smallest absolute Gasteiger partial charge is 0.254 e. The monoisotopic (exact) mass is 313 g/mol. The number of carbonyl (C=O) groups is 1. The Kier molecular flexibility index (Phi) is 6.03. The van der Waals surface area contributed by atoms with E-state index in [1.54, 1.807) is 32.4 Å². The van der Waals surface area contributed by atoms with Gasteiger partial charge in [-0.3, -0.25) is 4.79 Å². The molecular weight excluding hydrogens is 290 g/mol. The number of carbonyl (C=O) groups excluding carboxylic acids is 1. The molecule has 0 atom stereocenters. The molecule has 0 bridgehead atoms. The number of benzene rings is 2. The van der Waals surface area contributed by atoms with Crippen LogP contribution in [0.25, 0.3) is 0 Å². The maximum absolute atomic E-state index is 12.7. The number of ether oxygens (including phenoxy) is 2. The van der Waals surface area contributed by atoms with Crippen molar-refractivity contribution in [3.63, 3.8) is 0 Å². The summed E-state index contributed by atoms with van der Waals surface area (Å²) in [4.78, 5) is 14.6. The van der Waals surface area contributed by atoms with Crippen LogP contribution in [0.4, 0.5) is 0 Å². The normalized spacial score (nSPS) is 10.2. The van der Waals surface area contributed by atoms with Crippen LogP contribution in [0, 0.1) is 0 Å². The van der Waals surface area contributed by atoms with Gasteiger partial charge in [-0.15, -0.1) is 0 Å². The van der Waals surface area contributed by atoms with Gasteiger partial charge in [0.2, 0.25) is 0 Å². The number of amides is 1. The predicted octanol–water partition coefficient (Wildman–Crippen LogP) is 3.41. The second-order valence-electron chi connectivity index (χ2n) is 5.22. The SMILES string of the molecule is CCN(CCc1ccccc1)C(=O)c1cc(OC)cc(OC)c1. The second kappa shape index (κ2) is 8.22. The van der Waals surface area contributed by atoms with E-state index >= 15 is 0 Å². The summed E-state index contributed by atoms with van der Waals surface area (Å²) in [6.07, 6.45) is 0.835. The highest BCUT2D eigenvalue weighted by atomic mass is 16.5. The molecule has 0 saturated heterocycles. The van der Waals surface area contributed by atoms with Crippen LogP contribution in [0.3, 0.4) is 0 Å². The Morgan fingerprint density at radius 3 is 2.13 bits per heavy atom. The molecule has 0 aliphatic rings. The number of hydrogen-bond acceptors (Lipinski definition) is 3. The molecule has 0 radical (unpaired) electrons. The van der Waals surface area contributed by atoms with E-state index in [1.807, 2.05) is 30.0 Å². The Bertz CT molecular complexity index is 618. The molecule has 0 aliphatic carbocycles. The molecule has 0 saturated carbocycles. The van der Waals surface area contributed by atoms with Crippen LogP contribution in [0.2, 0.25) is 0 Å². The molecule has 2 rings (SSSR count). The number of likely N-dealkylation sites (N-methyl/N-ethyl adjacent to an activating group) is 1. The Labute approximate surface area is 137 Å². The van der Waals surface area contributed by atoms with Crippen molar-refractivity contribution in [3.05, 3.63) is 59.7 Å². The number of methoxy groups -OCH3 is 2. The zero-order valence-corrected chi connectivity index (χ0v) is 13.9. The Balaban J connectivity index is 2.12. The van der Waals surface area contributed by atoms with Crippen molar-refractivity contribution in [2.75, 3.05) is 27.3 Å². The van der Waals surface area contributed by atoms with Gasteiger partial charge in [0.1, 0.15) is 11.5 Å². The van der Waals surface area contributed by atoms with Gasteiger partial charge in [0.15, 0.2) is 0 Å². The minimum absolute atomic E-state index is 0.0133. The second-order valence-corrected chi connectivity index (χ2v) is 5.22. The van der Waals surface area contributed by atoms with Crippen molar-refractivity contribution < 1.29 is 14.3 Å². The molecule has 2 aromatic carbocycles. The van der Waals surface area contributed by atoms with E-state index in [1.165, 1.54) is 5.56 Å². The van der Waals surface area contributed by atoms with Crippen LogP contribution < -0.4 is 9.47 Å². The lowest BCUT2D eigenvalue weighted by Gasteiger charge is -2.21. The summed E-state index contributed by atoms with van der Waals surface area (Å²) >= 11 is 0. The molecule has 4 heteroatoms. The van der Waals surface area contributed by atoms with E-state index in [0.29, 0.717) is 30.2 Å². The fraction of sp³-hybridized carbons (Fsp3) is 0.316. The molecule has 0 heterocycles. The molecule has 122 valence electrons. The van der Waals surface area contributed by atoms with Crippen molar-refractivity contribution >= 4 is 5.91 Å². The fourth-order valence-corrected chi connectivity index (χ4v) is 2.43. The summed E-state index contributed by atoms with van der Waals surface area (Å²) in [5.41, 5.74) is 1.80. The van der Waals surface area contributed by atoms with Gasteiger partial charge >= 0.3 is 0 Å². The third-order valence-electron chi connectivity index (χ3n) is 3.78. The van der Waals surface area contributed by atoms with E-state index in [4.69, 9.17) is 9.47 Å². The van der Waals surface area contributed by atoms with E-state index in [2.05, 4.69) is 12.1 Å². The van der Waals surface area contributed by atoms with Crippen LogP contribution in [-0.2, 0) is 6.42 Å². The van der Waals surface area contributed by atoms with Gasteiger partial charge in [0.25, 0.3) is 5.91 Å². The summed E-state index contributed by atoms with van der Waals surface area (Å²) in [6.45, 7) is 3.32. The predicted molar refractivity (Wildman–Crippen MR) is 91.3 cm³/mol. The van der Waals surface area contributed by atoms with Crippen molar-refractivity contribution in [2.45, 2.75) is 13.3 Å². The quantitative estimate of drug-likeness (QED) is 0.786. The summed E-state index contributed by atoms with van der Waals surface area (Å²) in [6, 6.07) is 15.4. The minimum atomic E-state index is -0.0133. The first kappa shape index (κ1) is 16.9. The third kappa shape index (κ3) is 4.49. The molecule has 0 fully saturated rings. The van der Waals surface area contributed by atoms with Crippen LogP contribution >= 0.6 is 0 Å². The number of rotatable bonds is 7. The summed E-state index contributed by atoms with van der Waals surface area (Å²) in [7, 11) is 3.16. The van der Waals surface area contributed by atoms with Crippen LogP contribution in [0.1, 0.15) is 22.8 Å². The average molecular weight is 313 g/mol. The largest absolute Gasteiger partial charge is 0.497 e. The first-order valence-corrected chi connectivity index (χ1v) is 7.74. The topological polar surface area (TPSA) is 38.8 Å². The van der Waals surface area contributed by atoms with Crippen LogP contribution in [0.5, 0.6) is 11.5 Å². The van der Waals surface area contributed by atoms with Gasteiger partial charge in [-0.25, -0.2) is 0 Å². The van der Waals surface area contributed by atoms with Gasteiger partial charge in [0, 0.05) is 24.7 Å². The first-order chi connectivity index (χ1) is 11.2. The summed E-state index contributed by atoms with van der Waals surface area (Å²) in [5, 5.41) is 0. The van der Waals surface area contributed by atoms with Gasteiger partial charge in [0.05, 0.1) is 14.2 Å². The Morgan fingerprint density at radius 1 is 1.00 bits per heavy atom. The van der Waals surface area contributed by atoms with Gasteiger partial charge in [-0.2, -0.15) is 0 Å². The summed E-state index contributed by atoms with van der Waals surface area (Å²) in [5.74, 6) is 1.22. The first-order valence-electron chi connectivity index (χ1n) is 7.74. The zero-order valence-electron chi connectivity index (χ0n) is 13.9. The molecule has 0 spiro atoms. The highest BCUT2D eigenvalue weighted by Gasteiger charge is 2.16. The minimum Gasteiger partial charge on any atom is -0.497 e. The number of nitrogens with zero attached hydrogens (tertiary/aromatic N) is 1. The molecule has 0 unspecified atom stereocenters. The highest BCUT2D eigenvalue weighted by Crippen LogP contribution is 2.23. The maximum atomic E-state index is 12.7.